The highest BCUT2D eigenvalue weighted by Crippen LogP contribution is 2.41. The molecule has 3 fully saturated rings. The molecule has 6 heterocycles. The number of carbonyl (C=O) groups excluding carboxylic acids is 1. The van der Waals surface area contributed by atoms with E-state index in [1.165, 1.54) is 20.0 Å². The molecule has 0 radical (unpaired) electrons. The number of piperazine rings is 1. The van der Waals surface area contributed by atoms with Gasteiger partial charge in [-0.3, -0.25) is 4.90 Å². The molecule has 0 aromatic carbocycles. The van der Waals surface area contributed by atoms with Crippen LogP contribution in [0, 0.1) is 5.82 Å². The third-order valence-electron chi connectivity index (χ3n) is 8.02. The zero-order valence-electron chi connectivity index (χ0n) is 25.8. The van der Waals surface area contributed by atoms with E-state index in [2.05, 4.69) is 26.8 Å². The van der Waals surface area contributed by atoms with Crippen LogP contribution in [-0.4, -0.2) is 100 Å². The third-order valence-corrected chi connectivity index (χ3v) is 8.27. The third kappa shape index (κ3) is 6.44. The number of aromatic nitrogens is 3. The molecule has 4 unspecified atom stereocenters. The van der Waals surface area contributed by atoms with Gasteiger partial charge in [0.1, 0.15) is 34.6 Å². The minimum atomic E-state index is -0.764. The predicted molar refractivity (Wildman–Crippen MR) is 158 cm³/mol. The minimum absolute atomic E-state index is 0.00694. The summed E-state index contributed by atoms with van der Waals surface area (Å²) in [6.45, 7) is 16.5. The minimum Gasteiger partial charge on any atom is -0.472 e. The molecule has 13 heteroatoms. The lowest BCUT2D eigenvalue weighted by atomic mass is 9.97. The monoisotopic (exact) mass is 612 g/mol. The van der Waals surface area contributed by atoms with Gasteiger partial charge in [-0.05, 0) is 60.4 Å². The van der Waals surface area contributed by atoms with E-state index in [4.69, 9.17) is 25.8 Å². The molecule has 42 heavy (non-hydrogen) atoms. The van der Waals surface area contributed by atoms with E-state index >= 15 is 0 Å². The number of rotatable bonds is 1. The summed E-state index contributed by atoms with van der Waals surface area (Å²) in [6, 6.07) is -0.266. The van der Waals surface area contributed by atoms with E-state index in [1.54, 1.807) is 4.90 Å². The Hall–Kier alpha value is -2.73. The second kappa shape index (κ2) is 12.5. The molecule has 2 aromatic heterocycles. The van der Waals surface area contributed by atoms with E-state index < -0.39 is 29.8 Å². The van der Waals surface area contributed by atoms with Crippen LogP contribution in [0.25, 0.3) is 10.9 Å². The number of pyridine rings is 1. The summed E-state index contributed by atoms with van der Waals surface area (Å²) < 4.78 is 44.3. The maximum absolute atomic E-state index is 14.7. The highest BCUT2D eigenvalue weighted by atomic mass is 35.5. The fourth-order valence-corrected chi connectivity index (χ4v) is 6.25. The van der Waals surface area contributed by atoms with Crippen LogP contribution in [0.5, 0.6) is 11.9 Å². The molecule has 0 saturated carbocycles. The molecular formula is C29H43ClF2N6O4. The number of hydrogen-bond donors (Lipinski definition) is 0. The quantitative estimate of drug-likeness (QED) is 0.379. The van der Waals surface area contributed by atoms with Crippen molar-refractivity contribution in [3.05, 3.63) is 11.0 Å². The lowest BCUT2D eigenvalue weighted by Gasteiger charge is -2.43. The Labute approximate surface area is 251 Å². The molecule has 1 amide bonds. The summed E-state index contributed by atoms with van der Waals surface area (Å²) in [5.41, 5.74) is -0.380. The Balaban J connectivity index is 0.000000281. The summed E-state index contributed by atoms with van der Waals surface area (Å²) >= 11 is 5.97. The molecule has 0 spiro atoms. The molecule has 234 valence electrons. The smallest absolute Gasteiger partial charge is 0.410 e. The molecule has 4 atom stereocenters. The molecule has 0 aliphatic carbocycles. The van der Waals surface area contributed by atoms with Gasteiger partial charge in [-0.1, -0.05) is 25.4 Å². The van der Waals surface area contributed by atoms with Crippen molar-refractivity contribution in [2.45, 2.75) is 97.2 Å². The normalized spacial score (nSPS) is 26.6. The van der Waals surface area contributed by atoms with E-state index in [-0.39, 0.29) is 34.1 Å². The highest BCUT2D eigenvalue weighted by molar-refractivity contribution is 6.30. The first kappa shape index (κ1) is 32.2. The van der Waals surface area contributed by atoms with Crippen LogP contribution >= 0.6 is 11.6 Å². The number of fused-ring (bicyclic) bond motifs is 3. The maximum Gasteiger partial charge on any atom is 0.410 e. The number of alkyl halides is 1. The maximum atomic E-state index is 14.7. The zero-order valence-corrected chi connectivity index (χ0v) is 26.6. The van der Waals surface area contributed by atoms with Crippen molar-refractivity contribution < 1.29 is 27.8 Å². The van der Waals surface area contributed by atoms with E-state index in [1.807, 2.05) is 46.4 Å². The molecule has 0 N–H and O–H groups in total. The number of carbonyl (C=O) groups is 1. The van der Waals surface area contributed by atoms with E-state index in [0.717, 1.165) is 13.0 Å². The van der Waals surface area contributed by atoms with Crippen LogP contribution in [-0.2, 0) is 4.74 Å². The van der Waals surface area contributed by atoms with E-state index in [0.29, 0.717) is 37.4 Å². The van der Waals surface area contributed by atoms with Gasteiger partial charge in [0.2, 0.25) is 5.88 Å². The molecule has 4 aliphatic rings. The van der Waals surface area contributed by atoms with Gasteiger partial charge in [-0.15, -0.1) is 0 Å². The number of halogens is 3. The molecule has 0 bridgehead atoms. The lowest BCUT2D eigenvalue weighted by Crippen LogP contribution is -2.59. The molecule has 2 aromatic rings. The fourth-order valence-electron chi connectivity index (χ4n) is 6.09. The summed E-state index contributed by atoms with van der Waals surface area (Å²) in [5.74, 6) is -0.174. The van der Waals surface area contributed by atoms with Gasteiger partial charge in [-0.25, -0.2) is 13.6 Å². The van der Waals surface area contributed by atoms with Gasteiger partial charge in [0, 0.05) is 31.7 Å². The summed E-state index contributed by atoms with van der Waals surface area (Å²) in [6.07, 6.45) is 1.90. The molecule has 3 saturated heterocycles. The second-order valence-corrected chi connectivity index (χ2v) is 12.5. The number of ether oxygens (including phenoxy) is 3. The number of nitrogens with zero attached hydrogens (tertiary/aromatic N) is 6. The number of methoxy groups -OCH3 is 1. The zero-order chi connectivity index (χ0) is 31.0. The first-order valence-corrected chi connectivity index (χ1v) is 15.1. The molecule has 4 aliphatic heterocycles. The molecule has 10 nitrogen and oxygen atoms in total. The summed E-state index contributed by atoms with van der Waals surface area (Å²) in [4.78, 5) is 31.2. The number of anilines is 1. The van der Waals surface area contributed by atoms with Gasteiger partial charge in [-0.2, -0.15) is 15.0 Å². The highest BCUT2D eigenvalue weighted by Gasteiger charge is 2.45. The second-order valence-electron chi connectivity index (χ2n) is 12.1. The lowest BCUT2D eigenvalue weighted by molar-refractivity contribution is 0.0175. The van der Waals surface area contributed by atoms with Crippen LogP contribution < -0.4 is 14.4 Å². The van der Waals surface area contributed by atoms with Crippen molar-refractivity contribution in [2.24, 2.45) is 0 Å². The Bertz CT molecular complexity index is 1300. The van der Waals surface area contributed by atoms with Crippen molar-refractivity contribution in [2.75, 3.05) is 44.7 Å². The number of amides is 1. The van der Waals surface area contributed by atoms with Crippen molar-refractivity contribution in [1.82, 2.24) is 24.8 Å². The Morgan fingerprint density at radius 2 is 1.86 bits per heavy atom. The Morgan fingerprint density at radius 3 is 2.50 bits per heavy atom. The average Bonchev–Trinajstić information content (AvgIpc) is 3.39. The van der Waals surface area contributed by atoms with Gasteiger partial charge >= 0.3 is 12.1 Å². The van der Waals surface area contributed by atoms with Crippen LogP contribution in [0.3, 0.4) is 0 Å². The van der Waals surface area contributed by atoms with Crippen molar-refractivity contribution in [3.8, 4) is 11.9 Å². The standard InChI is InChI=1S/C19H23ClFN5O4.C8H14FN.C2H6/c1-9-10-8-25(18(27)30-19(2,3)4)6-7-26(10)15-11-13(22-17(24-15)28-5)12(21)14(20)23-16(11)29-9;1-8-3-2-4-10(8)6-7(9)5-8;1-2/h9-10H,6-8H2,1-5H3;7H,2-6H2,1H3;1-2H3. The first-order valence-electron chi connectivity index (χ1n) is 14.7. The van der Waals surface area contributed by atoms with Crippen molar-refractivity contribution in [3.63, 3.8) is 0 Å². The topological polar surface area (TPSA) is 93.2 Å². The fraction of sp³-hybridized carbons (Fsp3) is 0.724. The first-order chi connectivity index (χ1) is 19.8. The van der Waals surface area contributed by atoms with Crippen LogP contribution in [0.15, 0.2) is 0 Å². The summed E-state index contributed by atoms with van der Waals surface area (Å²) in [5, 5.41) is -0.00979. The number of hydrogen-bond acceptors (Lipinski definition) is 9. The SMILES string of the molecule is CC.CC12CCCN1CC(F)C2.COc1nc2c3c(nc(Cl)c(F)c3n1)OC(C)C1CN(C(=O)OC(C)(C)C)CCN21. The van der Waals surface area contributed by atoms with Crippen molar-refractivity contribution >= 4 is 34.4 Å². The van der Waals surface area contributed by atoms with E-state index in [9.17, 15) is 13.6 Å². The largest absolute Gasteiger partial charge is 0.472 e. The molecular weight excluding hydrogens is 570 g/mol. The van der Waals surface area contributed by atoms with Gasteiger partial charge < -0.3 is 24.0 Å². The van der Waals surface area contributed by atoms with Gasteiger partial charge in [0.15, 0.2) is 11.0 Å². The predicted octanol–water partition coefficient (Wildman–Crippen LogP) is 5.64. The van der Waals surface area contributed by atoms with Crippen LogP contribution in [0.1, 0.15) is 67.7 Å². The van der Waals surface area contributed by atoms with Crippen molar-refractivity contribution in [1.29, 1.82) is 0 Å². The van der Waals surface area contributed by atoms with Crippen LogP contribution in [0.4, 0.5) is 19.4 Å². The van der Waals surface area contributed by atoms with Gasteiger partial charge in [0.05, 0.1) is 13.2 Å². The Kier molecular flexibility index (Phi) is 9.56. The average molecular weight is 613 g/mol. The summed E-state index contributed by atoms with van der Waals surface area (Å²) in [7, 11) is 1.41. The molecule has 6 rings (SSSR count). The Morgan fingerprint density at radius 1 is 1.14 bits per heavy atom. The van der Waals surface area contributed by atoms with Gasteiger partial charge in [0.25, 0.3) is 0 Å². The van der Waals surface area contributed by atoms with Crippen LogP contribution in [0.2, 0.25) is 5.15 Å².